The number of hydrogen-bond donors (Lipinski definition) is 1. The largest absolute Gasteiger partial charge is 0.481 e. The molecule has 0 heterocycles. The minimum absolute atomic E-state index is 0.00164. The Morgan fingerprint density at radius 1 is 1.28 bits per heavy atom. The zero-order valence-electron chi connectivity index (χ0n) is 10.6. The first-order valence-corrected chi connectivity index (χ1v) is 6.31. The summed E-state index contributed by atoms with van der Waals surface area (Å²) in [5.74, 6) is -0.956. The lowest BCUT2D eigenvalue weighted by Crippen LogP contribution is -2.47. The van der Waals surface area contributed by atoms with Crippen LogP contribution in [-0.2, 0) is 4.79 Å². The van der Waals surface area contributed by atoms with Crippen molar-refractivity contribution in [1.82, 2.24) is 4.90 Å². The molecular formula is C12H20F3NO2. The molecule has 0 spiro atoms. The fraction of sp³-hybridized carbons (Fsp3) is 0.917. The molecule has 0 bridgehead atoms. The minimum Gasteiger partial charge on any atom is -0.481 e. The summed E-state index contributed by atoms with van der Waals surface area (Å²) in [6, 6.07) is 0. The van der Waals surface area contributed by atoms with Crippen molar-refractivity contribution in [1.29, 1.82) is 0 Å². The molecule has 0 aromatic carbocycles. The molecule has 0 unspecified atom stereocenters. The van der Waals surface area contributed by atoms with Crippen LogP contribution in [0.2, 0.25) is 0 Å². The molecule has 1 saturated carbocycles. The summed E-state index contributed by atoms with van der Waals surface area (Å²) in [6.07, 6.45) is -0.760. The van der Waals surface area contributed by atoms with Crippen LogP contribution in [0.3, 0.4) is 0 Å². The molecule has 0 radical (unpaired) electrons. The van der Waals surface area contributed by atoms with Crippen LogP contribution in [0, 0.1) is 5.41 Å². The summed E-state index contributed by atoms with van der Waals surface area (Å²) in [5, 5.41) is 9.32. The van der Waals surface area contributed by atoms with Crippen LogP contribution in [0.5, 0.6) is 0 Å². The monoisotopic (exact) mass is 267 g/mol. The van der Waals surface area contributed by atoms with Gasteiger partial charge in [-0.05, 0) is 19.4 Å². The lowest BCUT2D eigenvalue weighted by atomic mass is 9.73. The van der Waals surface area contributed by atoms with Gasteiger partial charge in [0.1, 0.15) is 0 Å². The third kappa shape index (κ3) is 4.15. The molecule has 1 aliphatic carbocycles. The van der Waals surface area contributed by atoms with Crippen molar-refractivity contribution in [3.63, 3.8) is 0 Å². The summed E-state index contributed by atoms with van der Waals surface area (Å²) in [5.41, 5.74) is -0.987. The number of alkyl halides is 3. The fourth-order valence-electron chi connectivity index (χ4n) is 2.63. The van der Waals surface area contributed by atoms with Crippen molar-refractivity contribution in [3.05, 3.63) is 0 Å². The van der Waals surface area contributed by atoms with Gasteiger partial charge in [0.25, 0.3) is 0 Å². The number of aliphatic carboxylic acids is 1. The molecule has 0 aromatic heterocycles. The fourth-order valence-corrected chi connectivity index (χ4v) is 2.63. The highest BCUT2D eigenvalue weighted by molar-refractivity contribution is 5.75. The molecule has 6 heteroatoms. The predicted molar refractivity (Wildman–Crippen MR) is 61.3 cm³/mol. The summed E-state index contributed by atoms with van der Waals surface area (Å²) in [7, 11) is 0. The van der Waals surface area contributed by atoms with Gasteiger partial charge < -0.3 is 5.11 Å². The van der Waals surface area contributed by atoms with Crippen LogP contribution in [0.1, 0.15) is 39.0 Å². The van der Waals surface area contributed by atoms with Gasteiger partial charge in [-0.1, -0.05) is 26.2 Å². The van der Waals surface area contributed by atoms with E-state index in [1.807, 2.05) is 0 Å². The second-order valence-corrected chi connectivity index (χ2v) is 5.06. The molecule has 3 nitrogen and oxygen atoms in total. The average molecular weight is 267 g/mol. The second-order valence-electron chi connectivity index (χ2n) is 5.06. The maximum Gasteiger partial charge on any atom is 0.401 e. The first-order valence-electron chi connectivity index (χ1n) is 6.31. The van der Waals surface area contributed by atoms with Gasteiger partial charge in [-0.15, -0.1) is 0 Å². The molecule has 1 N–H and O–H groups in total. The van der Waals surface area contributed by atoms with Crippen LogP contribution < -0.4 is 0 Å². The number of hydrogen-bond acceptors (Lipinski definition) is 2. The Balaban J connectivity index is 2.72. The Hall–Kier alpha value is -0.780. The van der Waals surface area contributed by atoms with Crippen LogP contribution in [0.15, 0.2) is 0 Å². The maximum atomic E-state index is 12.4. The van der Waals surface area contributed by atoms with E-state index in [0.29, 0.717) is 12.8 Å². The number of halogens is 3. The van der Waals surface area contributed by atoms with Crippen molar-refractivity contribution >= 4 is 5.97 Å². The summed E-state index contributed by atoms with van der Waals surface area (Å²) < 4.78 is 37.2. The van der Waals surface area contributed by atoms with Crippen molar-refractivity contribution in [3.8, 4) is 0 Å². The Morgan fingerprint density at radius 3 is 2.22 bits per heavy atom. The van der Waals surface area contributed by atoms with Crippen LogP contribution in [0.25, 0.3) is 0 Å². The van der Waals surface area contributed by atoms with Crippen molar-refractivity contribution in [2.24, 2.45) is 5.41 Å². The standard InChI is InChI=1S/C12H20F3NO2/c1-2-16(9-12(13,14)15)8-11(10(17)18)6-4-3-5-7-11/h2-9H2,1H3,(H,17,18). The van der Waals surface area contributed by atoms with E-state index in [1.165, 1.54) is 4.90 Å². The molecular weight excluding hydrogens is 247 g/mol. The number of carboxylic acid groups (broad SMARTS) is 1. The molecule has 0 amide bonds. The Kier molecular flexibility index (Phi) is 5.01. The predicted octanol–water partition coefficient (Wildman–Crippen LogP) is 2.91. The van der Waals surface area contributed by atoms with E-state index < -0.39 is 24.1 Å². The first-order chi connectivity index (χ1) is 8.29. The highest BCUT2D eigenvalue weighted by Crippen LogP contribution is 2.37. The SMILES string of the molecule is CCN(CC(F)(F)F)CC1(C(=O)O)CCCCC1. The van der Waals surface area contributed by atoms with E-state index in [4.69, 9.17) is 0 Å². The number of nitrogens with zero attached hydrogens (tertiary/aromatic N) is 1. The summed E-state index contributed by atoms with van der Waals surface area (Å²) in [6.45, 7) is 0.815. The number of carbonyl (C=O) groups is 1. The lowest BCUT2D eigenvalue weighted by Gasteiger charge is -2.37. The van der Waals surface area contributed by atoms with Gasteiger partial charge in [0.15, 0.2) is 0 Å². The normalized spacial score (nSPS) is 20.1. The van der Waals surface area contributed by atoms with Crippen molar-refractivity contribution in [2.75, 3.05) is 19.6 Å². The minimum atomic E-state index is -4.27. The van der Waals surface area contributed by atoms with Gasteiger partial charge in [-0.2, -0.15) is 13.2 Å². The lowest BCUT2D eigenvalue weighted by molar-refractivity contribution is -0.162. The molecule has 1 aliphatic rings. The van der Waals surface area contributed by atoms with Gasteiger partial charge in [-0.3, -0.25) is 9.69 Å². The molecule has 0 aromatic rings. The highest BCUT2D eigenvalue weighted by Gasteiger charge is 2.42. The molecule has 18 heavy (non-hydrogen) atoms. The van der Waals surface area contributed by atoms with E-state index in [2.05, 4.69) is 0 Å². The van der Waals surface area contributed by atoms with E-state index in [0.717, 1.165) is 19.3 Å². The quantitative estimate of drug-likeness (QED) is 0.832. The van der Waals surface area contributed by atoms with Gasteiger partial charge >= 0.3 is 12.1 Å². The maximum absolute atomic E-state index is 12.4. The molecule has 1 fully saturated rings. The summed E-state index contributed by atoms with van der Waals surface area (Å²) in [4.78, 5) is 12.6. The summed E-state index contributed by atoms with van der Waals surface area (Å²) >= 11 is 0. The van der Waals surface area contributed by atoms with Gasteiger partial charge in [0, 0.05) is 6.54 Å². The number of carboxylic acids is 1. The molecule has 0 aliphatic heterocycles. The van der Waals surface area contributed by atoms with Crippen molar-refractivity contribution < 1.29 is 23.1 Å². The Bertz CT molecular complexity index is 286. The zero-order valence-corrected chi connectivity index (χ0v) is 10.6. The van der Waals surface area contributed by atoms with Gasteiger partial charge in [-0.25, -0.2) is 0 Å². The first kappa shape index (κ1) is 15.3. The van der Waals surface area contributed by atoms with E-state index in [1.54, 1.807) is 6.92 Å². The van der Waals surface area contributed by atoms with E-state index >= 15 is 0 Å². The molecule has 0 atom stereocenters. The second kappa shape index (κ2) is 5.91. The van der Waals surface area contributed by atoms with Crippen molar-refractivity contribution in [2.45, 2.75) is 45.2 Å². The van der Waals surface area contributed by atoms with Crippen LogP contribution >= 0.6 is 0 Å². The Labute approximate surface area is 105 Å². The molecule has 106 valence electrons. The highest BCUT2D eigenvalue weighted by atomic mass is 19.4. The van der Waals surface area contributed by atoms with E-state index in [-0.39, 0.29) is 13.1 Å². The third-order valence-corrected chi connectivity index (χ3v) is 3.64. The number of rotatable bonds is 5. The smallest absolute Gasteiger partial charge is 0.401 e. The van der Waals surface area contributed by atoms with Gasteiger partial charge in [0.2, 0.25) is 0 Å². The van der Waals surface area contributed by atoms with Crippen LogP contribution in [-0.4, -0.2) is 41.8 Å². The van der Waals surface area contributed by atoms with Crippen LogP contribution in [0.4, 0.5) is 13.2 Å². The zero-order chi connectivity index (χ0) is 13.8. The average Bonchev–Trinajstić information content (AvgIpc) is 2.27. The molecule has 0 saturated heterocycles. The van der Waals surface area contributed by atoms with E-state index in [9.17, 15) is 23.1 Å². The third-order valence-electron chi connectivity index (χ3n) is 3.64. The molecule has 1 rings (SSSR count). The Morgan fingerprint density at radius 2 is 1.83 bits per heavy atom. The topological polar surface area (TPSA) is 40.5 Å². The van der Waals surface area contributed by atoms with Gasteiger partial charge in [0.05, 0.1) is 12.0 Å².